The molecule has 0 radical (unpaired) electrons. The lowest BCUT2D eigenvalue weighted by molar-refractivity contribution is -0.384. The second-order valence-corrected chi connectivity index (χ2v) is 5.07. The SMILES string of the molecule is CCC(=O)Nc1cccc(NC(=O)COc2ccc([N+](=O)[O-])cc2)c1. The predicted molar refractivity (Wildman–Crippen MR) is 92.6 cm³/mol. The third-order valence-electron chi connectivity index (χ3n) is 3.17. The van der Waals surface area contributed by atoms with Crippen LogP contribution < -0.4 is 15.4 Å². The maximum atomic E-state index is 11.9. The van der Waals surface area contributed by atoms with E-state index >= 15 is 0 Å². The Labute approximate surface area is 144 Å². The van der Waals surface area contributed by atoms with Gasteiger partial charge in [-0.05, 0) is 30.3 Å². The normalized spacial score (nSPS) is 9.96. The molecule has 0 unspecified atom stereocenters. The molecule has 2 rings (SSSR count). The van der Waals surface area contributed by atoms with Gasteiger partial charge in [0, 0.05) is 29.9 Å². The van der Waals surface area contributed by atoms with E-state index in [0.717, 1.165) is 0 Å². The van der Waals surface area contributed by atoms with Gasteiger partial charge in [-0.15, -0.1) is 0 Å². The lowest BCUT2D eigenvalue weighted by Gasteiger charge is -2.09. The zero-order valence-corrected chi connectivity index (χ0v) is 13.5. The second kappa shape index (κ2) is 8.44. The minimum Gasteiger partial charge on any atom is -0.484 e. The standard InChI is InChI=1S/C17H17N3O5/c1-2-16(21)18-12-4-3-5-13(10-12)19-17(22)11-25-15-8-6-14(7-9-15)20(23)24/h3-10H,2,11H2,1H3,(H,18,21)(H,19,22). The third-order valence-corrected chi connectivity index (χ3v) is 3.17. The summed E-state index contributed by atoms with van der Waals surface area (Å²) in [5.41, 5.74) is 1.05. The zero-order chi connectivity index (χ0) is 18.2. The molecule has 0 aliphatic rings. The third kappa shape index (κ3) is 5.61. The van der Waals surface area contributed by atoms with Crippen molar-refractivity contribution in [2.24, 2.45) is 0 Å². The van der Waals surface area contributed by atoms with Crippen molar-refractivity contribution in [3.8, 4) is 5.75 Å². The molecule has 0 aliphatic carbocycles. The number of non-ortho nitro benzene ring substituents is 1. The number of nitro groups is 1. The van der Waals surface area contributed by atoms with Crippen LogP contribution in [0.3, 0.4) is 0 Å². The first-order valence-corrected chi connectivity index (χ1v) is 7.55. The molecule has 2 amide bonds. The van der Waals surface area contributed by atoms with E-state index in [1.54, 1.807) is 31.2 Å². The lowest BCUT2D eigenvalue weighted by atomic mass is 10.2. The van der Waals surface area contributed by atoms with Crippen molar-refractivity contribution >= 4 is 28.9 Å². The number of hydrogen-bond acceptors (Lipinski definition) is 5. The fraction of sp³-hybridized carbons (Fsp3) is 0.176. The molecule has 0 saturated carbocycles. The lowest BCUT2D eigenvalue weighted by Crippen LogP contribution is -2.20. The molecule has 0 bridgehead atoms. The van der Waals surface area contributed by atoms with Gasteiger partial charge in [-0.25, -0.2) is 0 Å². The highest BCUT2D eigenvalue weighted by molar-refractivity contribution is 5.94. The Morgan fingerprint density at radius 1 is 1.04 bits per heavy atom. The maximum absolute atomic E-state index is 11.9. The van der Waals surface area contributed by atoms with E-state index in [1.165, 1.54) is 24.3 Å². The van der Waals surface area contributed by atoms with Crippen LogP contribution in [-0.4, -0.2) is 23.3 Å². The maximum Gasteiger partial charge on any atom is 0.269 e. The molecule has 2 aromatic rings. The highest BCUT2D eigenvalue weighted by Crippen LogP contribution is 2.18. The average molecular weight is 343 g/mol. The van der Waals surface area contributed by atoms with Crippen LogP contribution in [0.15, 0.2) is 48.5 Å². The summed E-state index contributed by atoms with van der Waals surface area (Å²) in [6, 6.07) is 12.2. The Hall–Kier alpha value is -3.42. The highest BCUT2D eigenvalue weighted by atomic mass is 16.6. The highest BCUT2D eigenvalue weighted by Gasteiger charge is 2.07. The van der Waals surface area contributed by atoms with Crippen LogP contribution in [0.4, 0.5) is 17.1 Å². The molecule has 0 aromatic heterocycles. The molecule has 0 saturated heterocycles. The summed E-state index contributed by atoms with van der Waals surface area (Å²) in [7, 11) is 0. The fourth-order valence-corrected chi connectivity index (χ4v) is 1.93. The van der Waals surface area contributed by atoms with Crippen LogP contribution in [0, 0.1) is 10.1 Å². The van der Waals surface area contributed by atoms with Crippen molar-refractivity contribution in [1.82, 2.24) is 0 Å². The molecule has 0 atom stereocenters. The van der Waals surface area contributed by atoms with Gasteiger partial charge in [-0.2, -0.15) is 0 Å². The van der Waals surface area contributed by atoms with E-state index in [4.69, 9.17) is 4.74 Å². The number of amides is 2. The van der Waals surface area contributed by atoms with E-state index in [2.05, 4.69) is 10.6 Å². The van der Waals surface area contributed by atoms with Crippen LogP contribution in [0.5, 0.6) is 5.75 Å². The van der Waals surface area contributed by atoms with Gasteiger partial charge in [0.25, 0.3) is 11.6 Å². The van der Waals surface area contributed by atoms with Crippen LogP contribution in [-0.2, 0) is 9.59 Å². The van der Waals surface area contributed by atoms with E-state index < -0.39 is 10.8 Å². The summed E-state index contributed by atoms with van der Waals surface area (Å²) < 4.78 is 5.28. The summed E-state index contributed by atoms with van der Waals surface area (Å²) >= 11 is 0. The first kappa shape index (κ1) is 17.9. The van der Waals surface area contributed by atoms with E-state index in [9.17, 15) is 19.7 Å². The number of carbonyl (C=O) groups excluding carboxylic acids is 2. The van der Waals surface area contributed by atoms with Crippen LogP contribution >= 0.6 is 0 Å². The Bertz CT molecular complexity index is 774. The number of nitrogens with one attached hydrogen (secondary N) is 2. The van der Waals surface area contributed by atoms with Gasteiger partial charge < -0.3 is 15.4 Å². The van der Waals surface area contributed by atoms with E-state index in [0.29, 0.717) is 23.5 Å². The minimum atomic E-state index is -0.513. The minimum absolute atomic E-state index is 0.0530. The van der Waals surface area contributed by atoms with Crippen molar-refractivity contribution in [3.63, 3.8) is 0 Å². The molecule has 2 N–H and O–H groups in total. The van der Waals surface area contributed by atoms with Crippen molar-refractivity contribution in [1.29, 1.82) is 0 Å². The Morgan fingerprint density at radius 2 is 1.64 bits per heavy atom. The predicted octanol–water partition coefficient (Wildman–Crippen LogP) is 2.96. The molecular weight excluding hydrogens is 326 g/mol. The Morgan fingerprint density at radius 3 is 2.20 bits per heavy atom. The van der Waals surface area contributed by atoms with E-state index in [1.807, 2.05) is 0 Å². The largest absolute Gasteiger partial charge is 0.484 e. The number of hydrogen-bond donors (Lipinski definition) is 2. The van der Waals surface area contributed by atoms with Crippen molar-refractivity contribution in [2.45, 2.75) is 13.3 Å². The van der Waals surface area contributed by atoms with Crippen molar-refractivity contribution in [3.05, 3.63) is 58.6 Å². The Balaban J connectivity index is 1.88. The van der Waals surface area contributed by atoms with Crippen LogP contribution in [0.2, 0.25) is 0 Å². The van der Waals surface area contributed by atoms with E-state index in [-0.39, 0.29) is 18.2 Å². The summed E-state index contributed by atoms with van der Waals surface area (Å²) in [4.78, 5) is 33.4. The topological polar surface area (TPSA) is 111 Å². The van der Waals surface area contributed by atoms with Crippen LogP contribution in [0.25, 0.3) is 0 Å². The average Bonchev–Trinajstić information content (AvgIpc) is 2.60. The smallest absolute Gasteiger partial charge is 0.269 e. The summed E-state index contributed by atoms with van der Waals surface area (Å²) in [6.45, 7) is 1.50. The quantitative estimate of drug-likeness (QED) is 0.593. The van der Waals surface area contributed by atoms with Gasteiger partial charge in [-0.3, -0.25) is 19.7 Å². The molecule has 0 fully saturated rings. The molecule has 8 heteroatoms. The first-order valence-electron chi connectivity index (χ1n) is 7.55. The molecule has 0 aliphatic heterocycles. The second-order valence-electron chi connectivity index (χ2n) is 5.07. The van der Waals surface area contributed by atoms with Gasteiger partial charge in [0.15, 0.2) is 6.61 Å². The van der Waals surface area contributed by atoms with Gasteiger partial charge >= 0.3 is 0 Å². The molecule has 8 nitrogen and oxygen atoms in total. The Kier molecular flexibility index (Phi) is 6.05. The number of nitrogens with zero attached hydrogens (tertiary/aromatic N) is 1. The van der Waals surface area contributed by atoms with Crippen molar-refractivity contribution in [2.75, 3.05) is 17.2 Å². The zero-order valence-electron chi connectivity index (χ0n) is 13.5. The molecule has 0 heterocycles. The number of benzene rings is 2. The fourth-order valence-electron chi connectivity index (χ4n) is 1.93. The monoisotopic (exact) mass is 343 g/mol. The summed E-state index contributed by atoms with van der Waals surface area (Å²) in [5.74, 6) is -0.160. The molecule has 0 spiro atoms. The molecular formula is C17H17N3O5. The number of rotatable bonds is 7. The number of carbonyl (C=O) groups is 2. The van der Waals surface area contributed by atoms with Gasteiger partial charge in [0.05, 0.1) is 4.92 Å². The van der Waals surface area contributed by atoms with Gasteiger partial charge in [-0.1, -0.05) is 13.0 Å². The van der Waals surface area contributed by atoms with Gasteiger partial charge in [0.2, 0.25) is 5.91 Å². The first-order chi connectivity index (χ1) is 12.0. The van der Waals surface area contributed by atoms with Crippen LogP contribution in [0.1, 0.15) is 13.3 Å². The summed E-state index contributed by atoms with van der Waals surface area (Å²) in [5, 5.41) is 15.9. The number of nitro benzene ring substituents is 1. The van der Waals surface area contributed by atoms with Crippen molar-refractivity contribution < 1.29 is 19.2 Å². The summed E-state index contributed by atoms with van der Waals surface area (Å²) in [6.07, 6.45) is 0.361. The molecule has 130 valence electrons. The number of ether oxygens (including phenoxy) is 1. The molecule has 2 aromatic carbocycles. The van der Waals surface area contributed by atoms with Gasteiger partial charge in [0.1, 0.15) is 5.75 Å². The number of anilines is 2. The molecule has 25 heavy (non-hydrogen) atoms.